The summed E-state index contributed by atoms with van der Waals surface area (Å²) >= 11 is 0. The fourth-order valence-corrected chi connectivity index (χ4v) is 3.74. The minimum Gasteiger partial charge on any atom is -0.356 e. The highest BCUT2D eigenvalue weighted by molar-refractivity contribution is 5.79. The van der Waals surface area contributed by atoms with Gasteiger partial charge in [-0.15, -0.1) is 0 Å². The van der Waals surface area contributed by atoms with Gasteiger partial charge in [0, 0.05) is 44.6 Å². The Labute approximate surface area is 189 Å². The molecule has 2 aromatic carbocycles. The lowest BCUT2D eigenvalue weighted by Gasteiger charge is -2.19. The lowest BCUT2D eigenvalue weighted by molar-refractivity contribution is 0.678. The van der Waals surface area contributed by atoms with E-state index in [-0.39, 0.29) is 0 Å². The van der Waals surface area contributed by atoms with Crippen LogP contribution in [-0.4, -0.2) is 34.3 Å². The van der Waals surface area contributed by atoms with Gasteiger partial charge < -0.3 is 10.6 Å². The standard InChI is InChI=1S/C26H28N6/c1-27-26(30-20-21-13-16-28-25(19-21)32-18-8-15-31-32)29-17-14-24(22-9-4-2-5-10-22)23-11-6-3-7-12-23/h2-13,15-16,18-19,24H,14,17,20H2,1H3,(H2,27,29,30). The van der Waals surface area contributed by atoms with E-state index in [4.69, 9.17) is 0 Å². The molecule has 4 rings (SSSR count). The molecular formula is C26H28N6. The van der Waals surface area contributed by atoms with Gasteiger partial charge in [-0.05, 0) is 41.3 Å². The Balaban J connectivity index is 1.34. The fourth-order valence-electron chi connectivity index (χ4n) is 3.74. The van der Waals surface area contributed by atoms with Crippen LogP contribution in [0.2, 0.25) is 0 Å². The number of nitrogens with one attached hydrogen (secondary N) is 2. The quantitative estimate of drug-likeness (QED) is 0.329. The molecule has 0 aliphatic rings. The van der Waals surface area contributed by atoms with Gasteiger partial charge in [0.2, 0.25) is 0 Å². The van der Waals surface area contributed by atoms with Gasteiger partial charge in [0.25, 0.3) is 0 Å². The third-order valence-electron chi connectivity index (χ3n) is 5.36. The summed E-state index contributed by atoms with van der Waals surface area (Å²) in [5.74, 6) is 1.91. The maximum atomic E-state index is 4.38. The second-order valence-corrected chi connectivity index (χ2v) is 7.49. The molecule has 0 atom stereocenters. The summed E-state index contributed by atoms with van der Waals surface area (Å²) < 4.78 is 1.75. The molecule has 4 aromatic rings. The van der Waals surface area contributed by atoms with Crippen LogP contribution >= 0.6 is 0 Å². The third kappa shape index (κ3) is 5.60. The van der Waals surface area contributed by atoms with Crippen molar-refractivity contribution < 1.29 is 0 Å². The van der Waals surface area contributed by atoms with Crippen molar-refractivity contribution in [1.82, 2.24) is 25.4 Å². The van der Waals surface area contributed by atoms with Crippen molar-refractivity contribution in [3.8, 4) is 5.82 Å². The van der Waals surface area contributed by atoms with Crippen LogP contribution in [0.4, 0.5) is 0 Å². The average Bonchev–Trinajstić information content (AvgIpc) is 3.40. The number of aromatic nitrogens is 3. The van der Waals surface area contributed by atoms with Gasteiger partial charge in [-0.1, -0.05) is 60.7 Å². The van der Waals surface area contributed by atoms with E-state index in [1.54, 1.807) is 24.1 Å². The van der Waals surface area contributed by atoms with Crippen LogP contribution in [0.25, 0.3) is 5.82 Å². The Kier molecular flexibility index (Phi) is 7.26. The normalized spacial score (nSPS) is 11.5. The van der Waals surface area contributed by atoms with Gasteiger partial charge in [0.15, 0.2) is 11.8 Å². The van der Waals surface area contributed by atoms with Gasteiger partial charge in [-0.2, -0.15) is 5.10 Å². The van der Waals surface area contributed by atoms with Crippen LogP contribution in [0.3, 0.4) is 0 Å². The molecule has 32 heavy (non-hydrogen) atoms. The molecule has 2 heterocycles. The molecule has 6 heteroatoms. The molecule has 0 fully saturated rings. The molecule has 0 aliphatic carbocycles. The van der Waals surface area contributed by atoms with E-state index in [2.05, 4.69) is 86.4 Å². The number of nitrogens with zero attached hydrogens (tertiary/aromatic N) is 4. The van der Waals surface area contributed by atoms with E-state index in [0.717, 1.165) is 30.3 Å². The molecule has 0 bridgehead atoms. The molecule has 0 spiro atoms. The van der Waals surface area contributed by atoms with E-state index in [1.807, 2.05) is 24.4 Å². The summed E-state index contributed by atoms with van der Waals surface area (Å²) in [6.07, 6.45) is 6.40. The smallest absolute Gasteiger partial charge is 0.191 e. The van der Waals surface area contributed by atoms with Crippen LogP contribution in [0, 0.1) is 0 Å². The van der Waals surface area contributed by atoms with Gasteiger partial charge in [0.1, 0.15) is 0 Å². The number of hydrogen-bond acceptors (Lipinski definition) is 3. The number of guanidine groups is 1. The molecular weight excluding hydrogens is 396 g/mol. The second kappa shape index (κ2) is 10.9. The first kappa shape index (κ1) is 21.3. The molecule has 162 valence electrons. The molecule has 0 amide bonds. The zero-order valence-corrected chi connectivity index (χ0v) is 18.2. The van der Waals surface area contributed by atoms with Gasteiger partial charge in [-0.3, -0.25) is 4.99 Å². The van der Waals surface area contributed by atoms with Crippen LogP contribution in [0.5, 0.6) is 0 Å². The van der Waals surface area contributed by atoms with Crippen molar-refractivity contribution in [3.05, 3.63) is 114 Å². The average molecular weight is 425 g/mol. The molecule has 2 aromatic heterocycles. The van der Waals surface area contributed by atoms with Crippen LogP contribution in [0.15, 0.2) is 102 Å². The molecule has 0 unspecified atom stereocenters. The summed E-state index contributed by atoms with van der Waals surface area (Å²) in [5.41, 5.74) is 3.76. The first-order valence-electron chi connectivity index (χ1n) is 10.8. The Hall–Kier alpha value is -3.93. The topological polar surface area (TPSA) is 67.1 Å². The lowest BCUT2D eigenvalue weighted by Crippen LogP contribution is -2.37. The zero-order chi connectivity index (χ0) is 22.0. The predicted molar refractivity (Wildman–Crippen MR) is 129 cm³/mol. The summed E-state index contributed by atoms with van der Waals surface area (Å²) in [5, 5.41) is 11.1. The molecule has 0 saturated heterocycles. The Morgan fingerprint density at radius 2 is 1.62 bits per heavy atom. The van der Waals surface area contributed by atoms with Crippen molar-refractivity contribution in [2.45, 2.75) is 18.9 Å². The first-order chi connectivity index (χ1) is 15.8. The maximum Gasteiger partial charge on any atom is 0.191 e. The largest absolute Gasteiger partial charge is 0.356 e. The zero-order valence-electron chi connectivity index (χ0n) is 18.2. The van der Waals surface area contributed by atoms with Crippen molar-refractivity contribution in [2.75, 3.05) is 13.6 Å². The van der Waals surface area contributed by atoms with Crippen molar-refractivity contribution in [1.29, 1.82) is 0 Å². The minimum atomic E-state index is 0.333. The van der Waals surface area contributed by atoms with Gasteiger partial charge in [-0.25, -0.2) is 9.67 Å². The number of benzene rings is 2. The monoisotopic (exact) mass is 424 g/mol. The minimum absolute atomic E-state index is 0.333. The highest BCUT2D eigenvalue weighted by Gasteiger charge is 2.13. The molecule has 0 radical (unpaired) electrons. The summed E-state index contributed by atoms with van der Waals surface area (Å²) in [6.45, 7) is 1.46. The Morgan fingerprint density at radius 3 is 2.25 bits per heavy atom. The van der Waals surface area contributed by atoms with Crippen molar-refractivity contribution >= 4 is 5.96 Å². The number of pyridine rings is 1. The van der Waals surface area contributed by atoms with E-state index in [0.29, 0.717) is 12.5 Å². The van der Waals surface area contributed by atoms with Gasteiger partial charge in [0.05, 0.1) is 0 Å². The first-order valence-corrected chi connectivity index (χ1v) is 10.8. The highest BCUT2D eigenvalue weighted by atomic mass is 15.3. The lowest BCUT2D eigenvalue weighted by atomic mass is 9.88. The highest BCUT2D eigenvalue weighted by Crippen LogP contribution is 2.27. The number of aliphatic imine (C=N–C) groups is 1. The third-order valence-corrected chi connectivity index (χ3v) is 5.36. The predicted octanol–water partition coefficient (Wildman–Crippen LogP) is 4.15. The molecule has 0 aliphatic heterocycles. The Morgan fingerprint density at radius 1 is 0.906 bits per heavy atom. The Bertz CT molecular complexity index is 1070. The van der Waals surface area contributed by atoms with Crippen molar-refractivity contribution in [3.63, 3.8) is 0 Å². The van der Waals surface area contributed by atoms with E-state index in [9.17, 15) is 0 Å². The summed E-state index contributed by atoms with van der Waals surface area (Å²) in [4.78, 5) is 8.76. The molecule has 2 N–H and O–H groups in total. The fraction of sp³-hybridized carbons (Fsp3) is 0.192. The van der Waals surface area contributed by atoms with Crippen molar-refractivity contribution in [2.24, 2.45) is 4.99 Å². The number of rotatable bonds is 8. The van der Waals surface area contributed by atoms with E-state index in [1.165, 1.54) is 11.1 Å². The second-order valence-electron chi connectivity index (χ2n) is 7.49. The SMILES string of the molecule is CN=C(NCCC(c1ccccc1)c1ccccc1)NCc1ccnc(-n2cccn2)c1. The van der Waals surface area contributed by atoms with E-state index >= 15 is 0 Å². The van der Waals surface area contributed by atoms with Crippen LogP contribution < -0.4 is 10.6 Å². The van der Waals surface area contributed by atoms with Crippen LogP contribution in [-0.2, 0) is 6.54 Å². The number of hydrogen-bond donors (Lipinski definition) is 2. The molecule has 6 nitrogen and oxygen atoms in total. The maximum absolute atomic E-state index is 4.38. The molecule has 0 saturated carbocycles. The summed E-state index contributed by atoms with van der Waals surface area (Å²) in [7, 11) is 1.79. The van der Waals surface area contributed by atoms with Crippen LogP contribution in [0.1, 0.15) is 29.0 Å². The summed E-state index contributed by atoms with van der Waals surface area (Å²) in [6, 6.07) is 27.2. The van der Waals surface area contributed by atoms with E-state index < -0.39 is 0 Å². The van der Waals surface area contributed by atoms with Gasteiger partial charge >= 0.3 is 0 Å².